The third kappa shape index (κ3) is 3.64. The van der Waals surface area contributed by atoms with Crippen LogP contribution in [0.5, 0.6) is 0 Å². The van der Waals surface area contributed by atoms with E-state index in [2.05, 4.69) is 15.6 Å². The third-order valence-electron chi connectivity index (χ3n) is 4.31. The summed E-state index contributed by atoms with van der Waals surface area (Å²) in [5.41, 5.74) is 3.04. The number of benzene rings is 1. The maximum atomic E-state index is 12.2. The number of aromatic nitrogens is 1. The van der Waals surface area contributed by atoms with Crippen molar-refractivity contribution in [3.05, 3.63) is 40.4 Å². The molecule has 0 fully saturated rings. The van der Waals surface area contributed by atoms with Gasteiger partial charge in [0.1, 0.15) is 0 Å². The lowest BCUT2D eigenvalue weighted by atomic mass is 9.89. The van der Waals surface area contributed by atoms with Crippen molar-refractivity contribution in [3.8, 4) is 0 Å². The number of hydrogen-bond acceptors (Lipinski definition) is 4. The Balaban J connectivity index is 1.55. The molecule has 2 heterocycles. The summed E-state index contributed by atoms with van der Waals surface area (Å²) < 4.78 is 0. The highest BCUT2D eigenvalue weighted by Crippen LogP contribution is 2.28. The molecule has 126 valence electrons. The van der Waals surface area contributed by atoms with Gasteiger partial charge in [-0.15, -0.1) is 11.3 Å². The van der Waals surface area contributed by atoms with Gasteiger partial charge in [0.05, 0.1) is 5.69 Å². The second-order valence-electron chi connectivity index (χ2n) is 6.01. The summed E-state index contributed by atoms with van der Waals surface area (Å²) in [6.45, 7) is 4.06. The quantitative estimate of drug-likeness (QED) is 0.872. The van der Waals surface area contributed by atoms with Gasteiger partial charge >= 0.3 is 0 Å². The molecular formula is C18H21N3O2S. The van der Waals surface area contributed by atoms with E-state index in [1.165, 1.54) is 11.3 Å². The molecule has 1 aromatic heterocycles. The molecule has 1 aliphatic heterocycles. The van der Waals surface area contributed by atoms with E-state index in [1.807, 2.05) is 38.1 Å². The predicted molar refractivity (Wildman–Crippen MR) is 96.4 cm³/mol. The van der Waals surface area contributed by atoms with E-state index >= 15 is 0 Å². The van der Waals surface area contributed by atoms with Crippen molar-refractivity contribution in [2.75, 3.05) is 10.6 Å². The molecule has 6 heteroatoms. The number of nitrogens with zero attached hydrogens (tertiary/aromatic N) is 1. The van der Waals surface area contributed by atoms with Gasteiger partial charge in [0, 0.05) is 22.9 Å². The average Bonchev–Trinajstić information content (AvgIpc) is 2.92. The number of amides is 2. The van der Waals surface area contributed by atoms with Crippen LogP contribution in [0.1, 0.15) is 35.9 Å². The number of carbonyl (C=O) groups excluding carboxylic acids is 2. The summed E-state index contributed by atoms with van der Waals surface area (Å²) >= 11 is 1.50. The Morgan fingerprint density at radius 2 is 2.21 bits per heavy atom. The number of fused-ring (bicyclic) bond motifs is 1. The first kappa shape index (κ1) is 16.6. The number of carbonyl (C=O) groups is 2. The zero-order chi connectivity index (χ0) is 17.1. The van der Waals surface area contributed by atoms with Crippen molar-refractivity contribution in [2.24, 2.45) is 5.92 Å². The van der Waals surface area contributed by atoms with Crippen LogP contribution in [0, 0.1) is 12.8 Å². The molecule has 0 bridgehead atoms. The van der Waals surface area contributed by atoms with E-state index in [9.17, 15) is 9.59 Å². The minimum Gasteiger partial charge on any atom is -0.326 e. The van der Waals surface area contributed by atoms with E-state index in [0.717, 1.165) is 28.2 Å². The van der Waals surface area contributed by atoms with Crippen molar-refractivity contribution >= 4 is 34.0 Å². The Morgan fingerprint density at radius 3 is 2.96 bits per heavy atom. The Bertz CT molecular complexity index is 769. The highest BCUT2D eigenvalue weighted by Gasteiger charge is 2.26. The predicted octanol–water partition coefficient (Wildman–Crippen LogP) is 3.54. The Kier molecular flexibility index (Phi) is 4.94. The lowest BCUT2D eigenvalue weighted by Crippen LogP contribution is -2.30. The molecule has 2 amide bonds. The van der Waals surface area contributed by atoms with Gasteiger partial charge in [0.25, 0.3) is 0 Å². The first-order valence-electron chi connectivity index (χ1n) is 8.21. The van der Waals surface area contributed by atoms with Gasteiger partial charge in [-0.25, -0.2) is 4.98 Å². The zero-order valence-corrected chi connectivity index (χ0v) is 14.7. The zero-order valence-electron chi connectivity index (χ0n) is 13.9. The molecule has 0 saturated heterocycles. The molecule has 2 aromatic rings. The van der Waals surface area contributed by atoms with Crippen molar-refractivity contribution in [2.45, 2.75) is 39.5 Å². The van der Waals surface area contributed by atoms with Crippen molar-refractivity contribution in [1.29, 1.82) is 0 Å². The fourth-order valence-electron chi connectivity index (χ4n) is 2.94. The van der Waals surface area contributed by atoms with Crippen LogP contribution >= 0.6 is 11.3 Å². The van der Waals surface area contributed by atoms with Crippen LogP contribution in [0.2, 0.25) is 0 Å². The Morgan fingerprint density at radius 1 is 1.42 bits per heavy atom. The third-order valence-corrected chi connectivity index (χ3v) is 5.23. The topological polar surface area (TPSA) is 71.1 Å². The van der Waals surface area contributed by atoms with Gasteiger partial charge in [0.15, 0.2) is 5.13 Å². The maximum absolute atomic E-state index is 12.2. The Labute approximate surface area is 145 Å². The van der Waals surface area contributed by atoms with Crippen molar-refractivity contribution in [1.82, 2.24) is 4.98 Å². The van der Waals surface area contributed by atoms with E-state index in [-0.39, 0.29) is 17.7 Å². The molecule has 24 heavy (non-hydrogen) atoms. The van der Waals surface area contributed by atoms with E-state index in [1.54, 1.807) is 0 Å². The fourth-order valence-corrected chi connectivity index (χ4v) is 3.86. The largest absolute Gasteiger partial charge is 0.326 e. The van der Waals surface area contributed by atoms with Crippen LogP contribution in [0.15, 0.2) is 24.3 Å². The van der Waals surface area contributed by atoms with E-state index in [0.29, 0.717) is 24.4 Å². The summed E-state index contributed by atoms with van der Waals surface area (Å²) in [7, 11) is 0. The molecule has 0 radical (unpaired) electrons. The van der Waals surface area contributed by atoms with Gasteiger partial charge in [-0.05, 0) is 37.8 Å². The van der Waals surface area contributed by atoms with Crippen LogP contribution in [-0.2, 0) is 22.4 Å². The van der Waals surface area contributed by atoms with Gasteiger partial charge in [-0.3, -0.25) is 9.59 Å². The molecule has 1 aromatic carbocycles. The molecule has 1 atom stereocenters. The molecule has 2 N–H and O–H groups in total. The summed E-state index contributed by atoms with van der Waals surface area (Å²) in [6, 6.07) is 7.81. The normalized spacial score (nSPS) is 16.4. The molecular weight excluding hydrogens is 322 g/mol. The first-order valence-corrected chi connectivity index (χ1v) is 9.03. The molecule has 5 nitrogen and oxygen atoms in total. The van der Waals surface area contributed by atoms with Crippen LogP contribution in [0.25, 0.3) is 0 Å². The molecule has 0 spiro atoms. The number of rotatable bonds is 5. The van der Waals surface area contributed by atoms with Crippen molar-refractivity contribution in [3.63, 3.8) is 0 Å². The second-order valence-corrected chi connectivity index (χ2v) is 7.21. The SMILES string of the molecule is CCc1nc(NC(=O)CC[C@H]2Cc3ccccc3NC2=O)sc1C. The van der Waals surface area contributed by atoms with Gasteiger partial charge < -0.3 is 10.6 Å². The molecule has 0 unspecified atom stereocenters. The average molecular weight is 343 g/mol. The Hall–Kier alpha value is -2.21. The highest BCUT2D eigenvalue weighted by atomic mass is 32.1. The maximum Gasteiger partial charge on any atom is 0.227 e. The summed E-state index contributed by atoms with van der Waals surface area (Å²) in [5, 5.41) is 6.41. The number of nitrogens with one attached hydrogen (secondary N) is 2. The van der Waals surface area contributed by atoms with E-state index in [4.69, 9.17) is 0 Å². The van der Waals surface area contributed by atoms with Crippen LogP contribution < -0.4 is 10.6 Å². The standard InChI is InChI=1S/C18H21N3O2S/c1-3-14-11(2)24-18(20-14)21-16(22)9-8-13-10-12-6-4-5-7-15(12)19-17(13)23/h4-7,13H,3,8-10H2,1-2H3,(H,19,23)(H,20,21,22)/t13-/m0/s1. The van der Waals surface area contributed by atoms with Crippen molar-refractivity contribution < 1.29 is 9.59 Å². The lowest BCUT2D eigenvalue weighted by Gasteiger charge is -2.24. The minimum atomic E-state index is -0.158. The minimum absolute atomic E-state index is 0.000128. The monoisotopic (exact) mass is 343 g/mol. The number of aryl methyl sites for hydroxylation is 2. The fraction of sp³-hybridized carbons (Fsp3) is 0.389. The molecule has 0 saturated carbocycles. The van der Waals surface area contributed by atoms with Crippen LogP contribution in [0.4, 0.5) is 10.8 Å². The van der Waals surface area contributed by atoms with Crippen LogP contribution in [0.3, 0.4) is 0 Å². The summed E-state index contributed by atoms with van der Waals surface area (Å²) in [4.78, 5) is 29.9. The molecule has 1 aliphatic rings. The van der Waals surface area contributed by atoms with Gasteiger partial charge in [-0.1, -0.05) is 25.1 Å². The number of para-hydroxylation sites is 1. The van der Waals surface area contributed by atoms with Crippen LogP contribution in [-0.4, -0.2) is 16.8 Å². The van der Waals surface area contributed by atoms with Gasteiger partial charge in [0.2, 0.25) is 11.8 Å². The number of anilines is 2. The van der Waals surface area contributed by atoms with E-state index < -0.39 is 0 Å². The van der Waals surface area contributed by atoms with Gasteiger partial charge in [-0.2, -0.15) is 0 Å². The number of hydrogen-bond donors (Lipinski definition) is 2. The lowest BCUT2D eigenvalue weighted by molar-refractivity contribution is -0.121. The summed E-state index contributed by atoms with van der Waals surface area (Å²) in [5.74, 6) is -0.243. The smallest absolute Gasteiger partial charge is 0.227 e. The highest BCUT2D eigenvalue weighted by molar-refractivity contribution is 7.15. The molecule has 0 aliphatic carbocycles. The molecule has 3 rings (SSSR count). The first-order chi connectivity index (χ1) is 11.6. The number of thiazole rings is 1. The second kappa shape index (κ2) is 7.13. The summed E-state index contributed by atoms with van der Waals surface area (Å²) in [6.07, 6.45) is 2.41.